The van der Waals surface area contributed by atoms with Crippen molar-refractivity contribution in [3.63, 3.8) is 0 Å². The fraction of sp³-hybridized carbons (Fsp3) is 0. The van der Waals surface area contributed by atoms with E-state index < -0.39 is 0 Å². The van der Waals surface area contributed by atoms with E-state index in [4.69, 9.17) is 15.3 Å². The number of hydrogen-bond donors (Lipinski definition) is 3. The third kappa shape index (κ3) is 166. The Bertz CT molecular complexity index is 106. The van der Waals surface area contributed by atoms with Crippen LogP contribution in [0.15, 0.2) is 0 Å². The molecule has 1 radical (unpaired) electrons. The average Bonchev–Trinajstić information content (AvgIpc) is 1.70. The summed E-state index contributed by atoms with van der Waals surface area (Å²) >= 11 is 0. The van der Waals surface area contributed by atoms with Crippen LogP contribution in [0.25, 0.3) is 0 Å². The second-order valence-corrected chi connectivity index (χ2v) is 0.387. The van der Waals surface area contributed by atoms with Gasteiger partial charge in [-0.25, -0.2) is 0 Å². The average molecular weight is 323 g/mol. The molecule has 10 heavy (non-hydrogen) atoms. The summed E-state index contributed by atoms with van der Waals surface area (Å²) < 4.78 is 0. The van der Waals surface area contributed by atoms with Gasteiger partial charge in [-0.3, -0.25) is 0 Å². The van der Waals surface area contributed by atoms with Gasteiger partial charge in [-0.05, 0) is 0 Å². The Morgan fingerprint density at radius 2 is 0.700 bits per heavy atom. The van der Waals surface area contributed by atoms with Crippen LogP contribution in [0.3, 0.4) is 0 Å². The molecule has 59 valence electrons. The Hall–Kier alpha value is -1.18. The summed E-state index contributed by atoms with van der Waals surface area (Å²) in [6.07, 6.45) is 16.2. The first-order valence-electron chi connectivity index (χ1n) is 1.54. The van der Waals surface area contributed by atoms with E-state index in [2.05, 4.69) is 19.3 Å². The van der Waals surface area contributed by atoms with Crippen molar-refractivity contribution in [1.82, 2.24) is 0 Å². The van der Waals surface area contributed by atoms with Crippen molar-refractivity contribution in [1.29, 1.82) is 0 Å². The Kier molecular flexibility index (Phi) is 255. The van der Waals surface area contributed by atoms with Crippen molar-refractivity contribution in [2.75, 3.05) is 0 Å². The van der Waals surface area contributed by atoms with Crippen molar-refractivity contribution < 1.29 is 37.7 Å². The summed E-state index contributed by atoms with van der Waals surface area (Å²) in [5.41, 5.74) is 0. The van der Waals surface area contributed by atoms with Gasteiger partial charge >= 0.3 is 0 Å². The summed E-state index contributed by atoms with van der Waals surface area (Å²) in [6.45, 7) is 0. The summed E-state index contributed by atoms with van der Waals surface area (Å²) in [6, 6.07) is 0. The van der Waals surface area contributed by atoms with E-state index in [0.717, 1.165) is 0 Å². The molecule has 4 heteroatoms. The van der Waals surface area contributed by atoms with Crippen LogP contribution < -0.4 is 0 Å². The maximum atomic E-state index is 7.10. The van der Waals surface area contributed by atoms with Crippen LogP contribution in [0.5, 0.6) is 0 Å². The molecule has 0 aromatic rings. The van der Waals surface area contributed by atoms with Gasteiger partial charge in [0.15, 0.2) is 0 Å². The molecule has 0 rings (SSSR count). The molecule has 0 spiro atoms. The molecule has 0 unspecified atom stereocenters. The van der Waals surface area contributed by atoms with Gasteiger partial charge < -0.3 is 15.3 Å². The van der Waals surface area contributed by atoms with Crippen LogP contribution in [-0.4, -0.2) is 15.3 Å². The second kappa shape index (κ2) is 110. The van der Waals surface area contributed by atoms with Gasteiger partial charge in [-0.2, -0.15) is 0 Å². The van der Waals surface area contributed by atoms with Gasteiger partial charge in [-0.15, -0.1) is 0 Å². The van der Waals surface area contributed by atoms with E-state index in [1.807, 2.05) is 0 Å². The van der Waals surface area contributed by atoms with Crippen LogP contribution >= 0.6 is 0 Å². The predicted octanol–water partition coefficient (Wildman–Crippen LogP) is -0.154. The van der Waals surface area contributed by atoms with Gasteiger partial charge in [0.2, 0.25) is 0 Å². The summed E-state index contributed by atoms with van der Waals surface area (Å²) in [4.78, 5) is 0. The fourth-order valence-electron chi connectivity index (χ4n) is 0. The molecule has 0 aliphatic heterocycles. The molecular weight excluding hydrogens is 317 g/mol. The van der Waals surface area contributed by atoms with Gasteiger partial charge in [0.05, 0.1) is 0 Å². The number of hydrogen-bond acceptors (Lipinski definition) is 3. The Labute approximate surface area is 75.6 Å². The molecule has 3 nitrogen and oxygen atoms in total. The molecule has 0 aliphatic rings. The molecule has 3 N–H and O–H groups in total. The Balaban J connectivity index is -0.0000000257. The van der Waals surface area contributed by atoms with Crippen LogP contribution in [0.1, 0.15) is 0 Å². The molecule has 0 aromatic carbocycles. The fourth-order valence-corrected chi connectivity index (χ4v) is 0. The van der Waals surface area contributed by atoms with Crippen LogP contribution in [0, 0.1) is 37.6 Å². The first-order valence-corrected chi connectivity index (χ1v) is 1.54. The Morgan fingerprint density at radius 3 is 0.700 bits per heavy atom. The molecule has 0 heterocycles. The minimum Gasteiger partial charge on any atom is -0.462 e. The van der Waals surface area contributed by atoms with E-state index in [9.17, 15) is 0 Å². The van der Waals surface area contributed by atoms with Crippen molar-refractivity contribution in [3.8, 4) is 37.6 Å². The molecule has 0 fully saturated rings. The number of terminal acetylenes is 3. The third-order valence-corrected chi connectivity index (χ3v) is 0. The normalized spacial score (nSPS) is 2.10. The standard InChI is InChI=1S/3C2H2O.Au/c3*1-2-3;/h3*1,3H;. The van der Waals surface area contributed by atoms with Crippen LogP contribution in [0.2, 0.25) is 0 Å². The first kappa shape index (κ1) is 23.2. The van der Waals surface area contributed by atoms with E-state index in [-0.39, 0.29) is 22.4 Å². The van der Waals surface area contributed by atoms with Crippen molar-refractivity contribution >= 4 is 0 Å². The minimum absolute atomic E-state index is 0. The quantitative estimate of drug-likeness (QED) is 0.429. The first-order chi connectivity index (χ1) is 4.24. The Morgan fingerprint density at radius 1 is 0.700 bits per heavy atom. The second-order valence-electron chi connectivity index (χ2n) is 0.387. The van der Waals surface area contributed by atoms with E-state index in [0.29, 0.717) is 0 Å². The van der Waals surface area contributed by atoms with Crippen LogP contribution in [-0.2, 0) is 22.4 Å². The van der Waals surface area contributed by atoms with E-state index in [1.54, 1.807) is 0 Å². The smallest absolute Gasteiger partial charge is 0.103 e. The zero-order chi connectivity index (χ0) is 8.12. The summed E-state index contributed by atoms with van der Waals surface area (Å²) in [7, 11) is 0. The molecule has 0 saturated carbocycles. The van der Waals surface area contributed by atoms with Gasteiger partial charge in [0.25, 0.3) is 0 Å². The van der Waals surface area contributed by atoms with E-state index >= 15 is 0 Å². The SMILES string of the molecule is C#CO.C#CO.C#CO.[Au]. The molecule has 0 aromatic heterocycles. The molecule has 0 bridgehead atoms. The monoisotopic (exact) mass is 323 g/mol. The molecule has 0 saturated heterocycles. The molecular formula is C6H6AuO3. The van der Waals surface area contributed by atoms with Gasteiger partial charge in [0, 0.05) is 22.4 Å². The predicted molar refractivity (Wildman–Crippen MR) is 32.3 cm³/mol. The number of rotatable bonds is 0. The molecule has 0 atom stereocenters. The van der Waals surface area contributed by atoms with Crippen molar-refractivity contribution in [2.24, 2.45) is 0 Å². The molecule has 0 amide bonds. The van der Waals surface area contributed by atoms with Crippen LogP contribution in [0.4, 0.5) is 0 Å². The minimum atomic E-state index is 0. The maximum Gasteiger partial charge on any atom is 0.103 e. The largest absolute Gasteiger partial charge is 0.462 e. The van der Waals surface area contributed by atoms with Crippen molar-refractivity contribution in [3.05, 3.63) is 0 Å². The molecule has 0 aliphatic carbocycles. The van der Waals surface area contributed by atoms with Gasteiger partial charge in [0.1, 0.15) is 18.3 Å². The van der Waals surface area contributed by atoms with Crippen molar-refractivity contribution in [2.45, 2.75) is 0 Å². The topological polar surface area (TPSA) is 60.7 Å². The number of aliphatic hydroxyl groups is 3. The summed E-state index contributed by atoms with van der Waals surface area (Å²) in [5, 5.41) is 21.3. The number of aliphatic hydroxyl groups excluding tert-OH is 3. The van der Waals surface area contributed by atoms with Gasteiger partial charge in [-0.1, -0.05) is 19.3 Å². The maximum absolute atomic E-state index is 7.10. The zero-order valence-corrected chi connectivity index (χ0v) is 7.04. The third-order valence-electron chi connectivity index (χ3n) is 0. The zero-order valence-electron chi connectivity index (χ0n) is 4.88. The van der Waals surface area contributed by atoms with E-state index in [1.165, 1.54) is 18.3 Å². The summed E-state index contributed by atoms with van der Waals surface area (Å²) in [5.74, 6) is 0.